The molecule has 0 unspecified atom stereocenters. The molecule has 2 saturated heterocycles. The van der Waals surface area contributed by atoms with Crippen LogP contribution in [0.2, 0.25) is 0 Å². The van der Waals surface area contributed by atoms with Gasteiger partial charge in [-0.3, -0.25) is 4.99 Å². The zero-order valence-corrected chi connectivity index (χ0v) is 14.5. The van der Waals surface area contributed by atoms with E-state index in [4.69, 9.17) is 0 Å². The Kier molecular flexibility index (Phi) is 4.29. The maximum Gasteiger partial charge on any atom is 0.159 e. The van der Waals surface area contributed by atoms with Crippen molar-refractivity contribution in [2.45, 2.75) is 25.0 Å². The molecule has 6 nitrogen and oxygen atoms in total. The lowest BCUT2D eigenvalue weighted by atomic mass is 10.3. The lowest BCUT2D eigenvalue weighted by Crippen LogP contribution is -2.48. The molecule has 7 heteroatoms. The maximum atomic E-state index is 4.66. The summed E-state index contributed by atoms with van der Waals surface area (Å²) in [6.45, 7) is 9.53. The standard InChI is InChI=1S/C16H24N6S/c1-13-11-17-16(23-13)22-8-6-21(7-9-22)15-10-14(18-12-19-15)20-4-2-3-5-20/h10,12-13H,2-9,11H2,1H3/t13-/m0/s1. The Morgan fingerprint density at radius 1 is 0.913 bits per heavy atom. The number of nitrogens with zero attached hydrogens (tertiary/aromatic N) is 6. The van der Waals surface area contributed by atoms with Gasteiger partial charge in [-0.1, -0.05) is 18.7 Å². The number of amidine groups is 1. The van der Waals surface area contributed by atoms with E-state index < -0.39 is 0 Å². The zero-order chi connectivity index (χ0) is 15.6. The van der Waals surface area contributed by atoms with E-state index in [0.717, 1.165) is 57.4 Å². The Labute approximate surface area is 142 Å². The molecule has 3 aliphatic heterocycles. The summed E-state index contributed by atoms with van der Waals surface area (Å²) in [5, 5.41) is 1.87. The smallest absolute Gasteiger partial charge is 0.159 e. The van der Waals surface area contributed by atoms with E-state index in [0.29, 0.717) is 5.25 Å². The van der Waals surface area contributed by atoms with Gasteiger partial charge in [-0.15, -0.1) is 0 Å². The molecule has 0 N–H and O–H groups in total. The lowest BCUT2D eigenvalue weighted by Gasteiger charge is -2.36. The third-order valence-corrected chi connectivity index (χ3v) is 5.88. The van der Waals surface area contributed by atoms with Crippen molar-refractivity contribution >= 4 is 28.6 Å². The number of piperazine rings is 1. The van der Waals surface area contributed by atoms with Crippen LogP contribution in [0.4, 0.5) is 11.6 Å². The molecule has 0 amide bonds. The van der Waals surface area contributed by atoms with E-state index in [9.17, 15) is 0 Å². The Hall–Kier alpha value is -1.50. The van der Waals surface area contributed by atoms with Gasteiger partial charge in [0.1, 0.15) is 18.0 Å². The maximum absolute atomic E-state index is 4.66. The van der Waals surface area contributed by atoms with Gasteiger partial charge in [0.05, 0.1) is 6.54 Å². The highest BCUT2D eigenvalue weighted by Crippen LogP contribution is 2.25. The number of anilines is 2. The molecule has 1 aromatic heterocycles. The first-order chi connectivity index (χ1) is 11.3. The normalized spacial score (nSPS) is 25.2. The predicted octanol–water partition coefficient (Wildman–Crippen LogP) is 1.69. The fraction of sp³-hybridized carbons (Fsp3) is 0.688. The average molecular weight is 332 g/mol. The van der Waals surface area contributed by atoms with Crippen LogP contribution in [0.1, 0.15) is 19.8 Å². The van der Waals surface area contributed by atoms with E-state index in [1.165, 1.54) is 18.0 Å². The minimum atomic E-state index is 0.632. The zero-order valence-electron chi connectivity index (χ0n) is 13.7. The van der Waals surface area contributed by atoms with Gasteiger partial charge in [-0.2, -0.15) is 0 Å². The van der Waals surface area contributed by atoms with Crippen LogP contribution in [0, 0.1) is 0 Å². The number of thioether (sulfide) groups is 1. The SMILES string of the molecule is C[C@H]1CN=C(N2CCN(c3cc(N4CCCC4)ncn3)CC2)S1. The molecule has 3 aliphatic rings. The van der Waals surface area contributed by atoms with Crippen LogP contribution < -0.4 is 9.80 Å². The first-order valence-corrected chi connectivity index (χ1v) is 9.45. The molecule has 124 valence electrons. The molecular formula is C16H24N6S. The van der Waals surface area contributed by atoms with E-state index in [1.54, 1.807) is 6.33 Å². The minimum Gasteiger partial charge on any atom is -0.356 e. The van der Waals surface area contributed by atoms with Crippen molar-refractivity contribution in [3.63, 3.8) is 0 Å². The van der Waals surface area contributed by atoms with Crippen molar-refractivity contribution in [3.05, 3.63) is 12.4 Å². The van der Waals surface area contributed by atoms with Gasteiger partial charge in [0.15, 0.2) is 5.17 Å². The van der Waals surface area contributed by atoms with Crippen molar-refractivity contribution in [3.8, 4) is 0 Å². The minimum absolute atomic E-state index is 0.632. The Balaban J connectivity index is 1.39. The predicted molar refractivity (Wildman–Crippen MR) is 96.6 cm³/mol. The van der Waals surface area contributed by atoms with E-state index in [-0.39, 0.29) is 0 Å². The second kappa shape index (κ2) is 6.55. The summed E-state index contributed by atoms with van der Waals surface area (Å²) in [4.78, 5) is 20.8. The van der Waals surface area contributed by atoms with E-state index >= 15 is 0 Å². The first kappa shape index (κ1) is 15.1. The lowest BCUT2D eigenvalue weighted by molar-refractivity contribution is 0.391. The number of aliphatic imine (C=N–C) groups is 1. The molecule has 0 saturated carbocycles. The second-order valence-electron chi connectivity index (χ2n) is 6.45. The molecule has 4 heterocycles. The van der Waals surface area contributed by atoms with Crippen LogP contribution in [0.3, 0.4) is 0 Å². The molecule has 1 aromatic rings. The Bertz CT molecular complexity index is 578. The van der Waals surface area contributed by atoms with Gasteiger partial charge in [-0.25, -0.2) is 9.97 Å². The Morgan fingerprint density at radius 3 is 2.13 bits per heavy atom. The highest BCUT2D eigenvalue weighted by Gasteiger charge is 2.25. The molecule has 0 aliphatic carbocycles. The van der Waals surface area contributed by atoms with Crippen LogP contribution in [-0.2, 0) is 0 Å². The number of hydrogen-bond donors (Lipinski definition) is 0. The summed E-state index contributed by atoms with van der Waals surface area (Å²) in [7, 11) is 0. The van der Waals surface area contributed by atoms with E-state index in [2.05, 4.69) is 42.7 Å². The molecule has 23 heavy (non-hydrogen) atoms. The molecular weight excluding hydrogens is 308 g/mol. The quantitative estimate of drug-likeness (QED) is 0.821. The third-order valence-electron chi connectivity index (χ3n) is 4.73. The number of hydrogen-bond acceptors (Lipinski definition) is 7. The van der Waals surface area contributed by atoms with Crippen molar-refractivity contribution in [2.24, 2.45) is 4.99 Å². The summed E-state index contributed by atoms with van der Waals surface area (Å²) >= 11 is 1.91. The highest BCUT2D eigenvalue weighted by molar-refractivity contribution is 8.14. The van der Waals surface area contributed by atoms with Crippen LogP contribution in [0.15, 0.2) is 17.4 Å². The molecule has 0 radical (unpaired) electrons. The fourth-order valence-electron chi connectivity index (χ4n) is 3.39. The van der Waals surface area contributed by atoms with Crippen LogP contribution >= 0.6 is 11.8 Å². The van der Waals surface area contributed by atoms with Crippen molar-refractivity contribution in [1.82, 2.24) is 14.9 Å². The number of aromatic nitrogens is 2. The van der Waals surface area contributed by atoms with Gasteiger partial charge in [0.2, 0.25) is 0 Å². The van der Waals surface area contributed by atoms with Crippen LogP contribution in [-0.4, -0.2) is 71.1 Å². The highest BCUT2D eigenvalue weighted by atomic mass is 32.2. The molecule has 1 atom stereocenters. The van der Waals surface area contributed by atoms with Crippen molar-refractivity contribution in [2.75, 3.05) is 55.6 Å². The summed E-state index contributed by atoms with van der Waals surface area (Å²) in [5.41, 5.74) is 0. The summed E-state index contributed by atoms with van der Waals surface area (Å²) in [6.07, 6.45) is 4.26. The number of rotatable bonds is 2. The van der Waals surface area contributed by atoms with Gasteiger partial charge in [0.25, 0.3) is 0 Å². The third kappa shape index (κ3) is 3.24. The van der Waals surface area contributed by atoms with Gasteiger partial charge in [0, 0.05) is 50.6 Å². The van der Waals surface area contributed by atoms with Crippen LogP contribution in [0.25, 0.3) is 0 Å². The molecule has 0 aromatic carbocycles. The fourth-order valence-corrected chi connectivity index (χ4v) is 4.38. The summed E-state index contributed by atoms with van der Waals surface area (Å²) in [6, 6.07) is 2.16. The molecule has 0 spiro atoms. The van der Waals surface area contributed by atoms with Gasteiger partial charge < -0.3 is 14.7 Å². The van der Waals surface area contributed by atoms with E-state index in [1.807, 2.05) is 11.8 Å². The van der Waals surface area contributed by atoms with Crippen molar-refractivity contribution in [1.29, 1.82) is 0 Å². The van der Waals surface area contributed by atoms with Crippen LogP contribution in [0.5, 0.6) is 0 Å². The molecule has 4 rings (SSSR count). The topological polar surface area (TPSA) is 47.9 Å². The largest absolute Gasteiger partial charge is 0.356 e. The second-order valence-corrected chi connectivity index (χ2v) is 7.86. The van der Waals surface area contributed by atoms with Gasteiger partial charge in [-0.05, 0) is 12.8 Å². The average Bonchev–Trinajstić information content (AvgIpc) is 3.27. The Morgan fingerprint density at radius 2 is 1.52 bits per heavy atom. The molecule has 0 bridgehead atoms. The summed E-state index contributed by atoms with van der Waals surface area (Å²) in [5.74, 6) is 2.15. The van der Waals surface area contributed by atoms with Crippen molar-refractivity contribution < 1.29 is 0 Å². The first-order valence-electron chi connectivity index (χ1n) is 8.57. The molecule has 2 fully saturated rings. The monoisotopic (exact) mass is 332 g/mol. The van der Waals surface area contributed by atoms with Gasteiger partial charge >= 0.3 is 0 Å². The summed E-state index contributed by atoms with van der Waals surface area (Å²) < 4.78 is 0.